The Morgan fingerprint density at radius 1 is 0.467 bits per heavy atom. The number of hydrogen-bond acceptors (Lipinski definition) is 15. The van der Waals surface area contributed by atoms with Crippen LogP contribution in [0.3, 0.4) is 0 Å². The molecule has 15 nitrogen and oxygen atoms in total. The monoisotopic (exact) mass is 2090 g/mol. The van der Waals surface area contributed by atoms with Crippen LogP contribution >= 0.6 is 99.6 Å². The van der Waals surface area contributed by atoms with Crippen LogP contribution < -0.4 is 30.1 Å². The summed E-state index contributed by atoms with van der Waals surface area (Å²) in [6.07, 6.45) is 14.6. The third kappa shape index (κ3) is 23.1. The second-order valence-electron chi connectivity index (χ2n) is 35.1. The molecule has 5 heterocycles. The van der Waals surface area contributed by atoms with Crippen LogP contribution in [0.25, 0.3) is 33.4 Å². The summed E-state index contributed by atoms with van der Waals surface area (Å²) in [6, 6.07) is 73.1. The van der Waals surface area contributed by atoms with Gasteiger partial charge in [-0.15, -0.1) is 0 Å². The molecule has 1 unspecified atom stereocenters. The van der Waals surface area contributed by atoms with Gasteiger partial charge in [0.1, 0.15) is 52.0 Å². The van der Waals surface area contributed by atoms with E-state index in [9.17, 15) is 32.4 Å². The minimum atomic E-state index is -3.11. The fraction of sp³-hybridized carbons (Fsp3) is 0.240. The van der Waals surface area contributed by atoms with Crippen molar-refractivity contribution in [3.63, 3.8) is 0 Å². The number of ketones is 2. The number of Topliss-reactive ketones (excluding diaryl/α,β-unsaturated/α-hetero) is 2. The summed E-state index contributed by atoms with van der Waals surface area (Å²) in [6.45, 7) is 9.82. The van der Waals surface area contributed by atoms with Gasteiger partial charge in [0.25, 0.3) is 5.72 Å². The van der Waals surface area contributed by atoms with Gasteiger partial charge in [0.2, 0.25) is 23.7 Å². The van der Waals surface area contributed by atoms with Gasteiger partial charge in [-0.05, 0) is 346 Å². The van der Waals surface area contributed by atoms with Crippen LogP contribution in [0.4, 0.5) is 17.6 Å². The summed E-state index contributed by atoms with van der Waals surface area (Å²) in [5, 5.41) is 29.3. The number of carbonyl (C=O) groups is 2. The van der Waals surface area contributed by atoms with Crippen LogP contribution in [0.2, 0.25) is 39.7 Å². The van der Waals surface area contributed by atoms with Gasteiger partial charge in [-0.1, -0.05) is 178 Å². The molecule has 0 saturated heterocycles. The van der Waals surface area contributed by atoms with E-state index in [4.69, 9.17) is 128 Å². The molecule has 692 valence electrons. The Labute approximate surface area is 830 Å². The number of nitrogens with zero attached hydrogens (tertiary/aromatic N) is 5. The van der Waals surface area contributed by atoms with Crippen molar-refractivity contribution in [3.8, 4) is 62.6 Å². The summed E-state index contributed by atoms with van der Waals surface area (Å²) in [7, 11) is 18.9. The average Bonchev–Trinajstić information content (AvgIpc) is 1.52. The number of hydrogen-bond donors (Lipinski definition) is 3. The van der Waals surface area contributed by atoms with Crippen molar-refractivity contribution in [3.05, 3.63) is 364 Å². The van der Waals surface area contributed by atoms with Crippen molar-refractivity contribution in [2.75, 3.05) is 7.05 Å². The molecule has 4 N–H and O–H groups in total. The molecule has 12 aromatic rings. The Hall–Kier alpha value is -9.54. The number of rotatable bonds is 5. The predicted octanol–water partition coefficient (Wildman–Crippen LogP) is 26.3. The van der Waals surface area contributed by atoms with E-state index in [0.717, 1.165) is 146 Å². The first kappa shape index (κ1) is 99.9. The Kier molecular flexibility index (Phi) is 31.1. The number of guanidine groups is 1. The number of hydroxylamine groups is 2. The third-order valence-electron chi connectivity index (χ3n) is 25.2. The zero-order valence-corrected chi connectivity index (χ0v) is 83.9. The molecular formula is C104H90BBrCl8F4N6O9SiTi. The van der Waals surface area contributed by atoms with Crippen molar-refractivity contribution < 1.29 is 73.3 Å². The molecule has 21 rings (SSSR count). The van der Waals surface area contributed by atoms with Crippen molar-refractivity contribution >= 4 is 149 Å². The molecular weight excluding hydrogens is 2000 g/mol. The number of halogens is 13. The topological polar surface area (TPSA) is 211 Å². The van der Waals surface area contributed by atoms with Crippen molar-refractivity contribution in [1.82, 2.24) is 5.06 Å². The standard InChI is InChI=1S/C26H23ClFN3O2.C25H18ClFN2O.C24H18ClFO2.C18H15BrO2.C6H5BClFO2.C5H11NSi.4ClH.Ti/c1-31-24(29)30-26(33-31)22-14-18(19-12-20(27)15-21(28)13-19)6-7-23(22)32-25(26)10-8-16-4-2-3-5-17(16)9-11-25;26-20-11-19(12-21(27)14-20)18-5-6-23-22(13-18)24(29-15-28)25(30-23)9-7-16-3-1-2-4-17(16)8-10-25;25-19-11-18(12-20(26)14-19)17-5-6-22-21(13-17)23(27)24(28-22)9-7-15-3-1-2-4-16(15)8-10-24;19-14-5-6-16-15(11-14)17(20)18(21-16)9-7-12-3-1-2-4-13(12)8-10-18;8-5-1-4(7(10)11)2-6(9)3-5;1-5-6-7(2,3)4;;;;;/h2-7,12-15H,8-11H2,1H3,(H2,29,30);1-6,11-14H,7-10H2;1-6,11-14H,7-10H2;1-6,11H,7-10H2;1-3,10-11H;1H2,2-4H3;4*1H;/q;;;;;;;;;;+4/p-4. The van der Waals surface area contributed by atoms with Crippen LogP contribution in [0, 0.1) is 34.7 Å². The summed E-state index contributed by atoms with van der Waals surface area (Å²) in [4.78, 5) is 41.7. The Morgan fingerprint density at radius 3 is 1.16 bits per heavy atom. The molecule has 5 aliphatic heterocycles. The van der Waals surface area contributed by atoms with E-state index in [0.29, 0.717) is 79.1 Å². The van der Waals surface area contributed by atoms with Gasteiger partial charge in [0.15, 0.2) is 30.6 Å². The molecule has 31 heteroatoms. The van der Waals surface area contributed by atoms with Crippen molar-refractivity contribution in [2.24, 2.45) is 20.4 Å². The predicted molar refractivity (Wildman–Crippen MR) is 534 cm³/mol. The molecule has 0 radical (unpaired) electrons. The van der Waals surface area contributed by atoms with Gasteiger partial charge >= 0.3 is 56.7 Å². The Morgan fingerprint density at radius 2 is 0.807 bits per heavy atom. The van der Waals surface area contributed by atoms with Crippen molar-refractivity contribution in [1.29, 1.82) is 5.26 Å². The quantitative estimate of drug-likeness (QED) is 0.0636. The summed E-state index contributed by atoms with van der Waals surface area (Å²) in [5.74, 6) is 4.01. The number of benzene rings is 12. The first-order valence-corrected chi connectivity index (χ1v) is 58.0. The molecule has 0 fully saturated rings. The number of aryl methyl sites for hydroxylation is 8. The van der Waals surface area contributed by atoms with Gasteiger partial charge in [-0.2, -0.15) is 10.3 Å². The number of fused-ring (bicyclic) bond motifs is 10. The van der Waals surface area contributed by atoms with Gasteiger partial charge in [-0.25, -0.2) is 32.5 Å². The van der Waals surface area contributed by atoms with Crippen LogP contribution in [0.15, 0.2) is 268 Å². The van der Waals surface area contributed by atoms with E-state index in [1.807, 2.05) is 85.1 Å². The average molecular weight is 2090 g/mol. The Bertz CT molecular complexity index is 6550. The first-order valence-electron chi connectivity index (χ1n) is 43.7. The molecule has 0 bridgehead atoms. The van der Waals surface area contributed by atoms with E-state index in [-0.39, 0.29) is 27.9 Å². The molecule has 9 aliphatic rings. The zero-order chi connectivity index (χ0) is 96.1. The van der Waals surface area contributed by atoms with Crippen molar-refractivity contribution in [2.45, 2.75) is 151 Å². The Balaban J connectivity index is 0.000000128. The van der Waals surface area contributed by atoms with E-state index in [1.165, 1.54) is 92.0 Å². The maximum atomic E-state index is 14.1. The van der Waals surface area contributed by atoms with E-state index in [2.05, 4.69) is 143 Å². The second kappa shape index (κ2) is 42.0. The fourth-order valence-corrected chi connectivity index (χ4v) is 20.5. The number of nitriles is 1. The van der Waals surface area contributed by atoms with Gasteiger partial charge in [-0.3, -0.25) is 14.2 Å². The number of carbonyl (C=O) groups excluding carboxylic acids is 2. The molecule has 12 aromatic carbocycles. The summed E-state index contributed by atoms with van der Waals surface area (Å²) < 4.78 is 84.7. The summed E-state index contributed by atoms with van der Waals surface area (Å²) in [5.41, 5.74) is 20.8. The van der Waals surface area contributed by atoms with Crippen LogP contribution in [0.5, 0.6) is 23.0 Å². The van der Waals surface area contributed by atoms with E-state index >= 15 is 0 Å². The third-order valence-corrected chi connectivity index (χ3v) is 27.4. The maximum absolute atomic E-state index is 14.1. The number of nitrogens with two attached hydrogens (primary N) is 1. The molecule has 0 amide bonds. The zero-order valence-electron chi connectivity index (χ0n) is 73.7. The summed E-state index contributed by atoms with van der Waals surface area (Å²) >= 11 is 23.9. The molecule has 135 heavy (non-hydrogen) atoms. The molecule has 0 saturated carbocycles. The van der Waals surface area contributed by atoms with Crippen LogP contribution in [-0.2, 0) is 74.3 Å². The number of aliphatic imine (C=N–C) groups is 2. The van der Waals surface area contributed by atoms with Crippen LogP contribution in [-0.4, -0.2) is 89.0 Å². The first-order chi connectivity index (χ1) is 64.3. The molecule has 0 aromatic heterocycles. The van der Waals surface area contributed by atoms with Gasteiger partial charge in [0, 0.05) is 37.2 Å². The van der Waals surface area contributed by atoms with Gasteiger partial charge < -0.3 is 34.7 Å². The molecule has 4 aliphatic carbocycles. The minimum absolute atomic E-state index is 0.0275. The fourth-order valence-electron chi connectivity index (χ4n) is 18.8. The normalized spacial score (nSPS) is 17.7. The number of ether oxygens (including phenoxy) is 4. The second-order valence-corrected chi connectivity index (χ2v) is 57.8. The van der Waals surface area contributed by atoms with Crippen LogP contribution in [0.1, 0.15) is 128 Å². The van der Waals surface area contributed by atoms with E-state index in [1.54, 1.807) is 31.3 Å². The molecule has 5 spiro atoms. The van der Waals surface area contributed by atoms with E-state index < -0.39 is 73.3 Å². The van der Waals surface area contributed by atoms with Gasteiger partial charge in [0.05, 0.1) is 16.7 Å². The SMILES string of the molecule is C=C=N[Si](C)(C)C.CN1OC2(N=C1N)c1cc(-c3cc(F)cc(Cl)c3)ccc1OC21CCc2ccccc2CC1.N#CN=C1c2cc(-c3cc(F)cc(Cl)c3)ccc2OC12CCc1ccccc1CC2.O=C1c2cc(-c3cc(F)cc(Cl)c3)ccc2OC12CCc1ccccc1CC2.O=C1c2cc(Br)ccc2OC12CCc1ccccc1CC2.OB(O)c1cc(F)cc(Cl)c1.[Cl][Ti]([Cl])([Cl])[Cl]. The molecule has 1 atom stereocenters.